The molecular weight excluding hydrogens is 241 g/mol. The van der Waals surface area contributed by atoms with Crippen LogP contribution in [0.2, 0.25) is 0 Å². The number of carboxylic acids is 1. The normalized spacial score (nSPS) is 10.9. The van der Waals surface area contributed by atoms with Crippen molar-refractivity contribution in [2.45, 2.75) is 0 Å². The van der Waals surface area contributed by atoms with Gasteiger partial charge in [-0.1, -0.05) is 5.16 Å². The molecular formula is C11H6FN3O3. The Balaban J connectivity index is 2.18. The number of carboxylic acid groups (broad SMARTS) is 1. The molecule has 2 aromatic heterocycles. The predicted molar refractivity (Wildman–Crippen MR) is 58.5 cm³/mol. The lowest BCUT2D eigenvalue weighted by molar-refractivity contribution is 0.0643. The molecule has 18 heavy (non-hydrogen) atoms. The van der Waals surface area contributed by atoms with Crippen LogP contribution in [-0.2, 0) is 0 Å². The van der Waals surface area contributed by atoms with Crippen LogP contribution in [0.4, 0.5) is 4.39 Å². The van der Waals surface area contributed by atoms with Crippen molar-refractivity contribution in [1.82, 2.24) is 15.1 Å². The maximum absolute atomic E-state index is 14.1. The molecule has 0 spiro atoms. The van der Waals surface area contributed by atoms with Crippen LogP contribution in [0.1, 0.15) is 10.7 Å². The summed E-state index contributed by atoms with van der Waals surface area (Å²) < 4.78 is 18.6. The van der Waals surface area contributed by atoms with Crippen molar-refractivity contribution in [3.8, 4) is 11.4 Å². The highest BCUT2D eigenvalue weighted by atomic mass is 19.1. The van der Waals surface area contributed by atoms with Gasteiger partial charge in [0.2, 0.25) is 5.82 Å². The summed E-state index contributed by atoms with van der Waals surface area (Å²) in [7, 11) is 0. The molecule has 3 aromatic rings. The molecule has 0 aliphatic heterocycles. The van der Waals surface area contributed by atoms with Gasteiger partial charge < -0.3 is 14.6 Å². The summed E-state index contributed by atoms with van der Waals surface area (Å²) in [6, 6.07) is 4.70. The molecule has 0 saturated carbocycles. The van der Waals surface area contributed by atoms with Gasteiger partial charge in [-0.3, -0.25) is 0 Å². The Bertz CT molecular complexity index is 747. The predicted octanol–water partition coefficient (Wildman–Crippen LogP) is 2.06. The zero-order valence-corrected chi connectivity index (χ0v) is 8.85. The molecule has 2 heterocycles. The van der Waals surface area contributed by atoms with Crippen molar-refractivity contribution in [3.63, 3.8) is 0 Å². The number of benzene rings is 1. The number of rotatable bonds is 2. The van der Waals surface area contributed by atoms with E-state index in [0.29, 0.717) is 10.9 Å². The maximum Gasteiger partial charge on any atom is 0.394 e. The molecule has 0 aliphatic rings. The van der Waals surface area contributed by atoms with Crippen LogP contribution in [0.25, 0.3) is 22.3 Å². The lowest BCUT2D eigenvalue weighted by Crippen LogP contribution is -1.96. The zero-order valence-electron chi connectivity index (χ0n) is 8.85. The van der Waals surface area contributed by atoms with Crippen LogP contribution in [0, 0.1) is 5.82 Å². The van der Waals surface area contributed by atoms with E-state index in [0.717, 1.165) is 0 Å². The molecule has 6 nitrogen and oxygen atoms in total. The van der Waals surface area contributed by atoms with Crippen LogP contribution in [0.3, 0.4) is 0 Å². The van der Waals surface area contributed by atoms with Crippen molar-refractivity contribution >= 4 is 16.9 Å². The first-order valence-electron chi connectivity index (χ1n) is 5.00. The van der Waals surface area contributed by atoms with E-state index >= 15 is 0 Å². The molecule has 7 heteroatoms. The SMILES string of the molecule is O=C(O)c1nc(-c2ccc3[nH]ccc3c2F)no1. The third-order valence-corrected chi connectivity index (χ3v) is 2.52. The van der Waals surface area contributed by atoms with Gasteiger partial charge in [-0.25, -0.2) is 9.18 Å². The van der Waals surface area contributed by atoms with E-state index in [1.807, 2.05) is 0 Å². The highest BCUT2D eigenvalue weighted by Crippen LogP contribution is 2.26. The van der Waals surface area contributed by atoms with Gasteiger partial charge in [0.05, 0.1) is 5.56 Å². The number of aromatic amines is 1. The molecule has 0 atom stereocenters. The Morgan fingerprint density at radius 3 is 2.94 bits per heavy atom. The number of halogens is 1. The second-order valence-electron chi connectivity index (χ2n) is 3.59. The molecule has 90 valence electrons. The molecule has 0 unspecified atom stereocenters. The number of fused-ring (bicyclic) bond motifs is 1. The van der Waals surface area contributed by atoms with E-state index in [2.05, 4.69) is 19.6 Å². The van der Waals surface area contributed by atoms with Crippen LogP contribution in [-0.4, -0.2) is 26.2 Å². The molecule has 0 fully saturated rings. The number of carbonyl (C=O) groups is 1. The summed E-state index contributed by atoms with van der Waals surface area (Å²) in [5, 5.41) is 12.5. The lowest BCUT2D eigenvalue weighted by atomic mass is 10.1. The van der Waals surface area contributed by atoms with Gasteiger partial charge in [-0.05, 0) is 18.2 Å². The second-order valence-corrected chi connectivity index (χ2v) is 3.59. The smallest absolute Gasteiger partial charge is 0.394 e. The van der Waals surface area contributed by atoms with Crippen molar-refractivity contribution in [2.24, 2.45) is 0 Å². The van der Waals surface area contributed by atoms with Gasteiger partial charge in [-0.2, -0.15) is 4.98 Å². The first-order chi connectivity index (χ1) is 8.66. The molecule has 0 amide bonds. The summed E-state index contributed by atoms with van der Waals surface area (Å²) in [5.41, 5.74) is 0.733. The zero-order chi connectivity index (χ0) is 12.7. The minimum atomic E-state index is -1.35. The van der Waals surface area contributed by atoms with E-state index < -0.39 is 17.7 Å². The third kappa shape index (κ3) is 1.45. The van der Waals surface area contributed by atoms with Gasteiger partial charge in [0, 0.05) is 17.1 Å². The summed E-state index contributed by atoms with van der Waals surface area (Å²) in [6.45, 7) is 0. The van der Waals surface area contributed by atoms with Crippen LogP contribution in [0.5, 0.6) is 0 Å². The fourth-order valence-corrected chi connectivity index (χ4v) is 1.69. The standard InChI is InChI=1S/C11H6FN3O3/c12-8-5-3-4-13-7(5)2-1-6(8)9-14-10(11(16)17)18-15-9/h1-4,13H,(H,16,17). The van der Waals surface area contributed by atoms with E-state index in [4.69, 9.17) is 5.11 Å². The van der Waals surface area contributed by atoms with Crippen molar-refractivity contribution in [1.29, 1.82) is 0 Å². The molecule has 0 bridgehead atoms. The number of aromatic carboxylic acids is 1. The average molecular weight is 247 g/mol. The number of hydrogen-bond donors (Lipinski definition) is 2. The van der Waals surface area contributed by atoms with E-state index in [1.165, 1.54) is 6.07 Å². The molecule has 1 aromatic carbocycles. The topological polar surface area (TPSA) is 92.0 Å². The minimum absolute atomic E-state index is 0.0898. The van der Waals surface area contributed by atoms with Gasteiger partial charge in [-0.15, -0.1) is 0 Å². The number of nitrogens with one attached hydrogen (secondary N) is 1. The molecule has 0 aliphatic carbocycles. The van der Waals surface area contributed by atoms with E-state index in [-0.39, 0.29) is 11.4 Å². The van der Waals surface area contributed by atoms with Gasteiger partial charge >= 0.3 is 11.9 Å². The molecule has 3 rings (SSSR count). The molecule has 0 radical (unpaired) electrons. The monoisotopic (exact) mass is 247 g/mol. The summed E-state index contributed by atoms with van der Waals surface area (Å²) in [6.07, 6.45) is 1.61. The lowest BCUT2D eigenvalue weighted by Gasteiger charge is -1.98. The quantitative estimate of drug-likeness (QED) is 0.723. The van der Waals surface area contributed by atoms with Crippen molar-refractivity contribution in [2.75, 3.05) is 0 Å². The first kappa shape index (κ1) is 10.5. The summed E-state index contributed by atoms with van der Waals surface area (Å²) >= 11 is 0. The molecule has 2 N–H and O–H groups in total. The summed E-state index contributed by atoms with van der Waals surface area (Å²) in [5.74, 6) is -2.53. The van der Waals surface area contributed by atoms with Crippen LogP contribution < -0.4 is 0 Å². The Kier molecular flexibility index (Phi) is 2.12. The highest BCUT2D eigenvalue weighted by Gasteiger charge is 2.18. The summed E-state index contributed by atoms with van der Waals surface area (Å²) in [4.78, 5) is 17.1. The third-order valence-electron chi connectivity index (χ3n) is 2.52. The van der Waals surface area contributed by atoms with Gasteiger partial charge in [0.15, 0.2) is 0 Å². The Morgan fingerprint density at radius 2 is 2.22 bits per heavy atom. The Morgan fingerprint density at radius 1 is 1.39 bits per heavy atom. The fourth-order valence-electron chi connectivity index (χ4n) is 1.69. The van der Waals surface area contributed by atoms with Crippen LogP contribution in [0.15, 0.2) is 28.9 Å². The van der Waals surface area contributed by atoms with Crippen LogP contribution >= 0.6 is 0 Å². The van der Waals surface area contributed by atoms with Crippen molar-refractivity contribution < 1.29 is 18.8 Å². The van der Waals surface area contributed by atoms with E-state index in [1.54, 1.807) is 18.3 Å². The number of aromatic nitrogens is 3. The van der Waals surface area contributed by atoms with Gasteiger partial charge in [0.1, 0.15) is 5.82 Å². The van der Waals surface area contributed by atoms with Gasteiger partial charge in [0.25, 0.3) is 0 Å². The maximum atomic E-state index is 14.1. The number of hydrogen-bond acceptors (Lipinski definition) is 4. The average Bonchev–Trinajstić information content (AvgIpc) is 2.97. The highest BCUT2D eigenvalue weighted by molar-refractivity contribution is 5.86. The largest absolute Gasteiger partial charge is 0.474 e. The van der Waals surface area contributed by atoms with E-state index in [9.17, 15) is 9.18 Å². The minimum Gasteiger partial charge on any atom is -0.474 e. The number of H-pyrrole nitrogens is 1. The number of nitrogens with zero attached hydrogens (tertiary/aromatic N) is 2. The Labute approximate surface area is 99.1 Å². The fraction of sp³-hybridized carbons (Fsp3) is 0. The molecule has 0 saturated heterocycles. The first-order valence-corrected chi connectivity index (χ1v) is 5.00. The van der Waals surface area contributed by atoms with Crippen molar-refractivity contribution in [3.05, 3.63) is 36.1 Å². The Hall–Kier alpha value is -2.70. The second kappa shape index (κ2) is 3.66.